The molecule has 1 aromatic carbocycles. The lowest BCUT2D eigenvalue weighted by atomic mass is 10.2. The van der Waals surface area contributed by atoms with Gasteiger partial charge in [-0.25, -0.2) is 0 Å². The van der Waals surface area contributed by atoms with Crippen molar-refractivity contribution in [1.29, 1.82) is 0 Å². The standard InChI is InChI=1S/C13H18N2O2/c1-17-12-7-3-2-6-11(12)15-9-5-4-8-14-10-13(15)16/h2-3,6-7,14H,4-5,8-10H2,1H3. The zero-order valence-electron chi connectivity index (χ0n) is 10.1. The van der Waals surface area contributed by atoms with E-state index in [4.69, 9.17) is 4.74 Å². The third kappa shape index (κ3) is 2.77. The van der Waals surface area contributed by atoms with Crippen LogP contribution in [0.3, 0.4) is 0 Å². The van der Waals surface area contributed by atoms with Gasteiger partial charge in [-0.15, -0.1) is 0 Å². The maximum Gasteiger partial charge on any atom is 0.241 e. The molecule has 17 heavy (non-hydrogen) atoms. The van der Waals surface area contributed by atoms with E-state index in [1.54, 1.807) is 7.11 Å². The van der Waals surface area contributed by atoms with Crippen LogP contribution in [0.4, 0.5) is 5.69 Å². The lowest BCUT2D eigenvalue weighted by Crippen LogP contribution is -2.41. The van der Waals surface area contributed by atoms with Gasteiger partial charge in [0.05, 0.1) is 19.3 Å². The highest BCUT2D eigenvalue weighted by molar-refractivity contribution is 5.96. The van der Waals surface area contributed by atoms with Crippen LogP contribution in [-0.4, -0.2) is 32.7 Å². The number of hydrogen-bond acceptors (Lipinski definition) is 3. The van der Waals surface area contributed by atoms with Gasteiger partial charge in [0, 0.05) is 6.54 Å². The van der Waals surface area contributed by atoms with Crippen molar-refractivity contribution < 1.29 is 9.53 Å². The SMILES string of the molecule is COc1ccccc1N1CCCCNCC1=O. The summed E-state index contributed by atoms with van der Waals surface area (Å²) in [6.07, 6.45) is 2.11. The number of hydrogen-bond donors (Lipinski definition) is 1. The predicted molar refractivity (Wildman–Crippen MR) is 67.5 cm³/mol. The van der Waals surface area contributed by atoms with Crippen LogP contribution in [0.2, 0.25) is 0 Å². The molecular formula is C13H18N2O2. The molecule has 1 heterocycles. The Labute approximate surface area is 102 Å². The van der Waals surface area contributed by atoms with Gasteiger partial charge in [0.15, 0.2) is 0 Å². The molecule has 1 aliphatic rings. The third-order valence-electron chi connectivity index (χ3n) is 2.94. The zero-order chi connectivity index (χ0) is 12.1. The average molecular weight is 234 g/mol. The predicted octanol–water partition coefficient (Wildman–Crippen LogP) is 1.41. The van der Waals surface area contributed by atoms with E-state index < -0.39 is 0 Å². The Bertz CT molecular complexity index is 393. The maximum absolute atomic E-state index is 12.0. The van der Waals surface area contributed by atoms with Crippen molar-refractivity contribution in [1.82, 2.24) is 5.32 Å². The smallest absolute Gasteiger partial charge is 0.241 e. The number of benzene rings is 1. The van der Waals surface area contributed by atoms with E-state index in [0.717, 1.165) is 37.4 Å². The quantitative estimate of drug-likeness (QED) is 0.841. The van der Waals surface area contributed by atoms with Gasteiger partial charge in [-0.2, -0.15) is 0 Å². The summed E-state index contributed by atoms with van der Waals surface area (Å²) in [5.74, 6) is 0.857. The van der Waals surface area contributed by atoms with Crippen molar-refractivity contribution >= 4 is 11.6 Å². The van der Waals surface area contributed by atoms with E-state index in [9.17, 15) is 4.79 Å². The van der Waals surface area contributed by atoms with E-state index in [-0.39, 0.29) is 5.91 Å². The fraction of sp³-hybridized carbons (Fsp3) is 0.462. The van der Waals surface area contributed by atoms with Crippen LogP contribution in [0.15, 0.2) is 24.3 Å². The van der Waals surface area contributed by atoms with Crippen LogP contribution < -0.4 is 15.0 Å². The highest BCUT2D eigenvalue weighted by Gasteiger charge is 2.19. The summed E-state index contributed by atoms with van der Waals surface area (Å²) in [5, 5.41) is 3.14. The highest BCUT2D eigenvalue weighted by Crippen LogP contribution is 2.28. The molecular weight excluding hydrogens is 216 g/mol. The minimum Gasteiger partial charge on any atom is -0.495 e. The van der Waals surface area contributed by atoms with Crippen LogP contribution >= 0.6 is 0 Å². The van der Waals surface area contributed by atoms with Gasteiger partial charge < -0.3 is 15.0 Å². The Hall–Kier alpha value is -1.55. The lowest BCUT2D eigenvalue weighted by molar-refractivity contribution is -0.118. The Balaban J connectivity index is 2.25. The number of nitrogens with zero attached hydrogens (tertiary/aromatic N) is 1. The van der Waals surface area contributed by atoms with E-state index >= 15 is 0 Å². The summed E-state index contributed by atoms with van der Waals surface area (Å²) in [6, 6.07) is 7.65. The molecule has 2 rings (SSSR count). The average Bonchev–Trinajstić information content (AvgIpc) is 2.35. The van der Waals surface area contributed by atoms with Crippen molar-refractivity contribution in [2.45, 2.75) is 12.8 Å². The second kappa shape index (κ2) is 5.68. The molecule has 1 aromatic rings. The van der Waals surface area contributed by atoms with Gasteiger partial charge >= 0.3 is 0 Å². The summed E-state index contributed by atoms with van der Waals surface area (Å²) in [6.45, 7) is 2.09. The van der Waals surface area contributed by atoms with Gasteiger partial charge in [-0.1, -0.05) is 12.1 Å². The molecule has 1 aliphatic heterocycles. The number of nitrogens with one attached hydrogen (secondary N) is 1. The van der Waals surface area contributed by atoms with Crippen LogP contribution in [-0.2, 0) is 4.79 Å². The van der Waals surface area contributed by atoms with Crippen molar-refractivity contribution in [3.05, 3.63) is 24.3 Å². The lowest BCUT2D eigenvalue weighted by Gasteiger charge is -2.26. The van der Waals surface area contributed by atoms with Gasteiger partial charge in [0.1, 0.15) is 5.75 Å². The topological polar surface area (TPSA) is 41.6 Å². The number of ether oxygens (including phenoxy) is 1. The number of para-hydroxylation sites is 2. The van der Waals surface area contributed by atoms with Gasteiger partial charge in [0.25, 0.3) is 0 Å². The molecule has 92 valence electrons. The summed E-state index contributed by atoms with van der Waals surface area (Å²) < 4.78 is 5.30. The summed E-state index contributed by atoms with van der Waals surface area (Å²) in [5.41, 5.74) is 0.865. The molecule has 0 bridgehead atoms. The molecule has 0 atom stereocenters. The minimum absolute atomic E-state index is 0.106. The fourth-order valence-electron chi connectivity index (χ4n) is 2.04. The molecule has 0 radical (unpaired) electrons. The second-order valence-corrected chi connectivity index (χ2v) is 4.10. The molecule has 1 fully saturated rings. The molecule has 4 heteroatoms. The molecule has 0 spiro atoms. The first-order valence-corrected chi connectivity index (χ1v) is 5.97. The molecule has 0 unspecified atom stereocenters. The van der Waals surface area contributed by atoms with Crippen molar-refractivity contribution in [3.8, 4) is 5.75 Å². The Morgan fingerprint density at radius 1 is 1.29 bits per heavy atom. The third-order valence-corrected chi connectivity index (χ3v) is 2.94. The molecule has 4 nitrogen and oxygen atoms in total. The van der Waals surface area contributed by atoms with Gasteiger partial charge in [-0.05, 0) is 31.5 Å². The van der Waals surface area contributed by atoms with Crippen molar-refractivity contribution in [2.75, 3.05) is 31.6 Å². The van der Waals surface area contributed by atoms with E-state index in [1.165, 1.54) is 0 Å². The molecule has 0 saturated carbocycles. The molecule has 0 aromatic heterocycles. The number of anilines is 1. The number of rotatable bonds is 2. The summed E-state index contributed by atoms with van der Waals surface area (Å²) in [4.78, 5) is 13.9. The largest absolute Gasteiger partial charge is 0.495 e. The van der Waals surface area contributed by atoms with E-state index in [1.807, 2.05) is 29.2 Å². The van der Waals surface area contributed by atoms with Crippen LogP contribution in [0, 0.1) is 0 Å². The molecule has 1 amide bonds. The van der Waals surface area contributed by atoms with Crippen LogP contribution in [0.5, 0.6) is 5.75 Å². The first-order valence-electron chi connectivity index (χ1n) is 5.97. The number of amides is 1. The van der Waals surface area contributed by atoms with Gasteiger partial charge in [0.2, 0.25) is 5.91 Å². The van der Waals surface area contributed by atoms with Crippen molar-refractivity contribution in [3.63, 3.8) is 0 Å². The summed E-state index contributed by atoms with van der Waals surface area (Å²) in [7, 11) is 1.63. The van der Waals surface area contributed by atoms with Crippen LogP contribution in [0.1, 0.15) is 12.8 Å². The Morgan fingerprint density at radius 2 is 2.12 bits per heavy atom. The molecule has 1 saturated heterocycles. The van der Waals surface area contributed by atoms with E-state index in [0.29, 0.717) is 6.54 Å². The van der Waals surface area contributed by atoms with Gasteiger partial charge in [-0.3, -0.25) is 4.79 Å². The zero-order valence-corrected chi connectivity index (χ0v) is 10.1. The number of carbonyl (C=O) groups excluding carboxylic acids is 1. The van der Waals surface area contributed by atoms with E-state index in [2.05, 4.69) is 5.32 Å². The second-order valence-electron chi connectivity index (χ2n) is 4.10. The monoisotopic (exact) mass is 234 g/mol. The summed E-state index contributed by atoms with van der Waals surface area (Å²) >= 11 is 0. The number of carbonyl (C=O) groups is 1. The highest BCUT2D eigenvalue weighted by atomic mass is 16.5. The van der Waals surface area contributed by atoms with Crippen LogP contribution in [0.25, 0.3) is 0 Å². The normalized spacial score (nSPS) is 17.5. The number of methoxy groups -OCH3 is 1. The first-order chi connectivity index (χ1) is 8.33. The fourth-order valence-corrected chi connectivity index (χ4v) is 2.04. The molecule has 0 aliphatic carbocycles. The first kappa shape index (κ1) is 11.9. The molecule has 1 N–H and O–H groups in total. The maximum atomic E-state index is 12.0. The Morgan fingerprint density at radius 3 is 2.94 bits per heavy atom. The van der Waals surface area contributed by atoms with Crippen molar-refractivity contribution in [2.24, 2.45) is 0 Å². The minimum atomic E-state index is 0.106. The Kier molecular flexibility index (Phi) is 3.98.